The Labute approximate surface area is 338 Å². The standard InChI is InChI=1S/C49H71FN2O3S/c1-33(2)43-40(53)29-36-39(51-23-24-52-25-27-56(54,55)28-26-52)31-48(7)38(44(36)43)13-14-42-46(5)19-17-37(45(3,4)41(46)18-20-47(42,48)6)35-15-21-49(32-50,22-16-35)30-34-11-9-8-10-12-34/h8-12,15,17,33,36,38-39,41-42,51H,13-14,16,18-32H2,1-7H3/t36?,38-,39+,41+,42-,46+,47-,48-,49+/m1/s1. The zero-order chi connectivity index (χ0) is 39.9. The fourth-order valence-corrected chi connectivity index (χ4v) is 16.2. The molecule has 56 heavy (non-hydrogen) atoms. The first-order valence-electron chi connectivity index (χ1n) is 22.4. The van der Waals surface area contributed by atoms with Gasteiger partial charge in [-0.1, -0.05) is 96.5 Å². The van der Waals surface area contributed by atoms with Crippen LogP contribution >= 0.6 is 0 Å². The zero-order valence-corrected chi connectivity index (χ0v) is 36.5. The molecule has 0 radical (unpaired) electrons. The van der Waals surface area contributed by atoms with E-state index in [0.717, 1.165) is 57.2 Å². The van der Waals surface area contributed by atoms with Gasteiger partial charge in [-0.2, -0.15) is 0 Å². The Hall–Kier alpha value is -2.09. The summed E-state index contributed by atoms with van der Waals surface area (Å²) >= 11 is 0. The number of hydrogen-bond donors (Lipinski definition) is 1. The van der Waals surface area contributed by atoms with Gasteiger partial charge >= 0.3 is 0 Å². The largest absolute Gasteiger partial charge is 0.312 e. The Morgan fingerprint density at radius 1 is 0.911 bits per heavy atom. The lowest BCUT2D eigenvalue weighted by Gasteiger charge is -2.71. The maximum atomic E-state index is 14.8. The van der Waals surface area contributed by atoms with Gasteiger partial charge in [0.25, 0.3) is 0 Å². The number of carbonyl (C=O) groups excluding carboxylic acids is 1. The van der Waals surface area contributed by atoms with Crippen molar-refractivity contribution in [1.29, 1.82) is 0 Å². The van der Waals surface area contributed by atoms with Crippen molar-refractivity contribution >= 4 is 15.6 Å². The van der Waals surface area contributed by atoms with Crippen molar-refractivity contribution in [2.24, 2.45) is 56.7 Å². The third-order valence-corrected chi connectivity index (χ3v) is 19.6. The van der Waals surface area contributed by atoms with Crippen molar-refractivity contribution in [2.45, 2.75) is 125 Å². The molecule has 0 aromatic heterocycles. The number of nitrogens with zero attached hydrogens (tertiary/aromatic N) is 1. The van der Waals surface area contributed by atoms with Gasteiger partial charge in [-0.3, -0.25) is 9.18 Å². The van der Waals surface area contributed by atoms with Crippen LogP contribution in [-0.4, -0.2) is 69.5 Å². The van der Waals surface area contributed by atoms with Gasteiger partial charge in [-0.15, -0.1) is 0 Å². The smallest absolute Gasteiger partial charge is 0.159 e. The molecular weight excluding hydrogens is 716 g/mol. The quantitative estimate of drug-likeness (QED) is 0.270. The van der Waals surface area contributed by atoms with E-state index in [9.17, 15) is 17.6 Å². The summed E-state index contributed by atoms with van der Waals surface area (Å²) in [6, 6.07) is 10.8. The van der Waals surface area contributed by atoms with Crippen molar-refractivity contribution in [1.82, 2.24) is 10.2 Å². The van der Waals surface area contributed by atoms with Gasteiger partial charge < -0.3 is 10.2 Å². The third kappa shape index (κ3) is 6.59. The molecule has 7 heteroatoms. The van der Waals surface area contributed by atoms with E-state index < -0.39 is 9.84 Å². The number of alkyl halides is 1. The van der Waals surface area contributed by atoms with Crippen LogP contribution in [0.15, 0.2) is 64.8 Å². The Balaban J connectivity index is 1.06. The van der Waals surface area contributed by atoms with Crippen LogP contribution in [0.25, 0.3) is 0 Å². The fraction of sp³-hybridized carbons (Fsp3) is 0.735. The summed E-state index contributed by atoms with van der Waals surface area (Å²) in [7, 11) is -2.90. The average molecular weight is 787 g/mol. The summed E-state index contributed by atoms with van der Waals surface area (Å²) in [5, 5.41) is 4.04. The second kappa shape index (κ2) is 14.6. The molecule has 6 aliphatic carbocycles. The summed E-state index contributed by atoms with van der Waals surface area (Å²) in [4.78, 5) is 16.2. The number of nitrogens with one attached hydrogen (secondary N) is 1. The zero-order valence-electron chi connectivity index (χ0n) is 35.7. The highest BCUT2D eigenvalue weighted by molar-refractivity contribution is 7.91. The van der Waals surface area contributed by atoms with Crippen molar-refractivity contribution < 1.29 is 17.6 Å². The normalized spacial score (nSPS) is 40.7. The third-order valence-electron chi connectivity index (χ3n) is 18.0. The van der Waals surface area contributed by atoms with Crippen LogP contribution in [-0.2, 0) is 21.1 Å². The SMILES string of the molecule is CC(C)C1=C2C(CC1=O)[C@@H](NCCN1CCS(=O)(=O)CC1)C[C@]1(C)[C@@H]2CC[C@@H]2[C@@]3(C)CC=C(C4=CC[C@@](CF)(Cc5ccccc5)CC4)C(C)(C)[C@@H]3CC[C@]21C. The van der Waals surface area contributed by atoms with E-state index in [4.69, 9.17) is 0 Å². The number of allylic oxidation sites excluding steroid dienone is 5. The monoisotopic (exact) mass is 787 g/mol. The number of halogens is 1. The van der Waals surface area contributed by atoms with Gasteiger partial charge in [-0.25, -0.2) is 8.42 Å². The molecule has 7 aliphatic rings. The fourth-order valence-electron chi connectivity index (χ4n) is 14.9. The van der Waals surface area contributed by atoms with Crippen molar-refractivity contribution in [2.75, 3.05) is 44.4 Å². The molecule has 4 fully saturated rings. The van der Waals surface area contributed by atoms with Crippen LogP contribution in [0.1, 0.15) is 118 Å². The number of Topliss-reactive ketones (excluding diaryl/α,β-unsaturated/α-hetero) is 1. The van der Waals surface area contributed by atoms with Gasteiger partial charge in [0.15, 0.2) is 15.6 Å². The minimum absolute atomic E-state index is 0.0494. The van der Waals surface area contributed by atoms with E-state index in [1.165, 1.54) is 42.4 Å². The molecule has 0 bridgehead atoms. The number of hydrogen-bond acceptors (Lipinski definition) is 5. The summed E-state index contributed by atoms with van der Waals surface area (Å²) in [6.45, 7) is 20.1. The molecule has 8 rings (SSSR count). The van der Waals surface area contributed by atoms with Crippen LogP contribution in [0, 0.1) is 56.7 Å². The van der Waals surface area contributed by atoms with E-state index in [1.54, 1.807) is 5.57 Å². The van der Waals surface area contributed by atoms with Gasteiger partial charge in [-0.05, 0) is 132 Å². The van der Waals surface area contributed by atoms with E-state index in [1.807, 2.05) is 6.07 Å². The molecule has 1 aromatic rings. The van der Waals surface area contributed by atoms with Crippen LogP contribution in [0.2, 0.25) is 0 Å². The Morgan fingerprint density at radius 3 is 2.30 bits per heavy atom. The van der Waals surface area contributed by atoms with Gasteiger partial charge in [0.05, 0.1) is 18.2 Å². The molecule has 1 heterocycles. The number of fused-ring (bicyclic) bond motifs is 7. The van der Waals surface area contributed by atoms with Crippen LogP contribution in [0.4, 0.5) is 4.39 Å². The van der Waals surface area contributed by atoms with Gasteiger partial charge in [0, 0.05) is 50.0 Å². The van der Waals surface area contributed by atoms with E-state index in [0.29, 0.717) is 43.0 Å². The molecule has 1 unspecified atom stereocenters. The summed E-state index contributed by atoms with van der Waals surface area (Å²) < 4.78 is 39.0. The van der Waals surface area contributed by atoms with Crippen molar-refractivity contribution in [3.05, 3.63) is 70.3 Å². The lowest BCUT2D eigenvalue weighted by atomic mass is 9.33. The highest BCUT2D eigenvalue weighted by Crippen LogP contribution is 2.75. The molecule has 1 aliphatic heterocycles. The maximum absolute atomic E-state index is 14.8. The van der Waals surface area contributed by atoms with Gasteiger partial charge in [0.1, 0.15) is 0 Å². The number of sulfone groups is 1. The first-order valence-corrected chi connectivity index (χ1v) is 24.2. The number of carbonyl (C=O) groups is 1. The number of rotatable bonds is 9. The first-order chi connectivity index (χ1) is 26.5. The average Bonchev–Trinajstić information content (AvgIpc) is 3.50. The highest BCUT2D eigenvalue weighted by atomic mass is 32.2. The minimum atomic E-state index is -2.90. The van der Waals surface area contributed by atoms with E-state index in [-0.39, 0.29) is 63.1 Å². The highest BCUT2D eigenvalue weighted by Gasteiger charge is 2.69. The molecule has 1 N–H and O–H groups in total. The van der Waals surface area contributed by atoms with Crippen LogP contribution < -0.4 is 5.32 Å². The molecule has 1 saturated heterocycles. The lowest BCUT2D eigenvalue weighted by molar-refractivity contribution is -0.197. The molecular formula is C49H71FN2O3S. The summed E-state index contributed by atoms with van der Waals surface area (Å²) in [6.07, 6.45) is 16.3. The second-order valence-corrected chi connectivity index (χ2v) is 23.7. The van der Waals surface area contributed by atoms with Crippen molar-refractivity contribution in [3.8, 4) is 0 Å². The van der Waals surface area contributed by atoms with Gasteiger partial charge in [0.2, 0.25) is 0 Å². The van der Waals surface area contributed by atoms with Crippen molar-refractivity contribution in [3.63, 3.8) is 0 Å². The Kier molecular flexibility index (Phi) is 10.6. The maximum Gasteiger partial charge on any atom is 0.159 e. The molecule has 308 valence electrons. The molecule has 1 aromatic carbocycles. The molecule has 5 nitrogen and oxygen atoms in total. The lowest BCUT2D eigenvalue weighted by Crippen LogP contribution is -2.65. The Morgan fingerprint density at radius 2 is 1.64 bits per heavy atom. The predicted octanol–water partition coefficient (Wildman–Crippen LogP) is 9.74. The second-order valence-electron chi connectivity index (χ2n) is 21.4. The number of ketones is 1. The Bertz CT molecular complexity index is 1890. The summed E-state index contributed by atoms with van der Waals surface area (Å²) in [5.74, 6) is 3.06. The summed E-state index contributed by atoms with van der Waals surface area (Å²) in [5.41, 5.74) is 7.10. The molecule has 0 spiro atoms. The van der Waals surface area contributed by atoms with Crippen LogP contribution in [0.3, 0.4) is 0 Å². The first kappa shape index (κ1) is 40.7. The van der Waals surface area contributed by atoms with Crippen LogP contribution in [0.5, 0.6) is 0 Å². The topological polar surface area (TPSA) is 66.5 Å². The molecule has 9 atom stereocenters. The minimum Gasteiger partial charge on any atom is -0.312 e. The molecule has 3 saturated carbocycles. The van der Waals surface area contributed by atoms with E-state index in [2.05, 4.69) is 95.1 Å². The van der Waals surface area contributed by atoms with E-state index >= 15 is 0 Å². The molecule has 0 amide bonds. The number of benzene rings is 1. The predicted molar refractivity (Wildman–Crippen MR) is 227 cm³/mol.